The second kappa shape index (κ2) is 13.4. The van der Waals surface area contributed by atoms with Crippen LogP contribution in [-0.2, 0) is 0 Å². The van der Waals surface area contributed by atoms with E-state index in [0.717, 1.165) is 9.65 Å². The third-order valence-electron chi connectivity index (χ3n) is 4.51. The van der Waals surface area contributed by atoms with Gasteiger partial charge in [0.05, 0.1) is 20.6 Å². The first kappa shape index (κ1) is 22.0. The molecule has 132 valence electrons. The van der Waals surface area contributed by atoms with Crippen LogP contribution in [0.25, 0.3) is 0 Å². The molecule has 0 amide bonds. The number of hydrogen-bond donors (Lipinski definition) is 1. The van der Waals surface area contributed by atoms with Gasteiger partial charge in [0.15, 0.2) is 0 Å². The Labute approximate surface area is 146 Å². The molecule has 22 heavy (non-hydrogen) atoms. The van der Waals surface area contributed by atoms with Crippen LogP contribution in [0.3, 0.4) is 0 Å². The molecule has 0 saturated heterocycles. The van der Waals surface area contributed by atoms with Crippen molar-refractivity contribution in [1.29, 1.82) is 0 Å². The molecule has 0 heterocycles. The van der Waals surface area contributed by atoms with E-state index in [0.29, 0.717) is 0 Å². The van der Waals surface area contributed by atoms with Crippen LogP contribution in [0.1, 0.15) is 84.0 Å². The fraction of sp³-hybridized carbons (Fsp3) is 0.947. The average Bonchev–Trinajstić information content (AvgIpc) is 2.47. The van der Waals surface area contributed by atoms with Crippen LogP contribution in [0.2, 0.25) is 0 Å². The standard InChI is InChI=1S/C19H41N2S/c1-6-7-8-9-10-11-12-13-14-15-16-17-18-21(4,5)19(22)20(2)3/h6-18H2,1-5H3/q+1/p+1. The zero-order valence-corrected chi connectivity index (χ0v) is 16.9. The molecule has 0 N–H and O–H groups in total. The van der Waals surface area contributed by atoms with E-state index in [2.05, 4.69) is 52.3 Å². The highest BCUT2D eigenvalue weighted by Crippen LogP contribution is 2.13. The van der Waals surface area contributed by atoms with Crippen molar-refractivity contribution in [2.45, 2.75) is 84.0 Å². The SMILES string of the molecule is CCCCCCCCCCCCCC[N+](C)(C)C(S)=[N+](C)C. The highest BCUT2D eigenvalue weighted by atomic mass is 32.1. The maximum atomic E-state index is 4.63. The minimum absolute atomic E-state index is 0.897. The summed E-state index contributed by atoms with van der Waals surface area (Å²) in [7, 11) is 8.65. The molecule has 0 aliphatic rings. The van der Waals surface area contributed by atoms with E-state index >= 15 is 0 Å². The van der Waals surface area contributed by atoms with Crippen molar-refractivity contribution in [1.82, 2.24) is 0 Å². The summed E-state index contributed by atoms with van der Waals surface area (Å²) in [5, 5.41) is 1.14. The molecule has 0 radical (unpaired) electrons. The predicted molar refractivity (Wildman–Crippen MR) is 104 cm³/mol. The summed E-state index contributed by atoms with van der Waals surface area (Å²) in [6.45, 7) is 3.48. The maximum Gasteiger partial charge on any atom is 0.396 e. The quantitative estimate of drug-likeness (QED) is 0.116. The summed E-state index contributed by atoms with van der Waals surface area (Å²) in [6, 6.07) is 0. The zero-order valence-electron chi connectivity index (χ0n) is 16.0. The van der Waals surface area contributed by atoms with Crippen molar-refractivity contribution in [3.05, 3.63) is 0 Å². The molecule has 2 nitrogen and oxygen atoms in total. The summed E-state index contributed by atoms with van der Waals surface area (Å²) < 4.78 is 3.01. The normalized spacial score (nSPS) is 11.7. The number of thiol groups is 1. The molecular weight excluding hydrogens is 288 g/mol. The highest BCUT2D eigenvalue weighted by molar-refractivity contribution is 7.96. The second-order valence-corrected chi connectivity index (χ2v) is 7.89. The Bertz CT molecular complexity index is 294. The third kappa shape index (κ3) is 11.5. The largest absolute Gasteiger partial charge is 0.396 e. The van der Waals surface area contributed by atoms with Gasteiger partial charge in [0.25, 0.3) is 0 Å². The van der Waals surface area contributed by atoms with Gasteiger partial charge in [0.2, 0.25) is 0 Å². The number of quaternary nitrogens is 1. The molecule has 3 heteroatoms. The van der Waals surface area contributed by atoms with Gasteiger partial charge in [0, 0.05) is 0 Å². The van der Waals surface area contributed by atoms with Crippen LogP contribution in [0.4, 0.5) is 0 Å². The van der Waals surface area contributed by atoms with Crippen LogP contribution in [0, 0.1) is 0 Å². The summed E-state index contributed by atoms with van der Waals surface area (Å²) in [4.78, 5) is 0. The van der Waals surface area contributed by atoms with Gasteiger partial charge >= 0.3 is 5.17 Å². The van der Waals surface area contributed by atoms with Crippen molar-refractivity contribution in [3.8, 4) is 0 Å². The molecule has 0 aromatic carbocycles. The van der Waals surface area contributed by atoms with Crippen molar-refractivity contribution < 1.29 is 9.06 Å². The number of amidine groups is 1. The van der Waals surface area contributed by atoms with Crippen LogP contribution < -0.4 is 0 Å². The van der Waals surface area contributed by atoms with Gasteiger partial charge in [-0.3, -0.25) is 0 Å². The van der Waals surface area contributed by atoms with E-state index in [1.165, 1.54) is 83.6 Å². The van der Waals surface area contributed by atoms with E-state index in [-0.39, 0.29) is 0 Å². The minimum Gasteiger partial charge on any atom is -0.235 e. The Kier molecular flexibility index (Phi) is 13.4. The molecule has 0 aliphatic carbocycles. The van der Waals surface area contributed by atoms with Gasteiger partial charge in [0.1, 0.15) is 14.1 Å². The first-order valence-corrected chi connectivity index (χ1v) is 9.93. The fourth-order valence-electron chi connectivity index (χ4n) is 2.99. The van der Waals surface area contributed by atoms with Gasteiger partial charge in [-0.15, -0.1) is 0 Å². The smallest absolute Gasteiger partial charge is 0.235 e. The molecule has 0 aromatic heterocycles. The van der Waals surface area contributed by atoms with Gasteiger partial charge in [-0.25, -0.2) is 4.48 Å². The predicted octanol–water partition coefficient (Wildman–Crippen LogP) is 5.32. The van der Waals surface area contributed by atoms with Crippen LogP contribution in [0.5, 0.6) is 0 Å². The topological polar surface area (TPSA) is 3.01 Å². The zero-order chi connectivity index (χ0) is 16.8. The van der Waals surface area contributed by atoms with Crippen molar-refractivity contribution in [2.24, 2.45) is 0 Å². The Morgan fingerprint density at radius 1 is 0.727 bits per heavy atom. The Hall–Kier alpha value is -0.0200. The number of unbranched alkanes of at least 4 members (excludes halogenated alkanes) is 11. The first-order chi connectivity index (χ1) is 10.4. The van der Waals surface area contributed by atoms with Crippen molar-refractivity contribution in [2.75, 3.05) is 34.7 Å². The van der Waals surface area contributed by atoms with E-state index in [1.807, 2.05) is 0 Å². The molecule has 0 bridgehead atoms. The lowest BCUT2D eigenvalue weighted by Gasteiger charge is -2.24. The summed E-state index contributed by atoms with van der Waals surface area (Å²) in [6.07, 6.45) is 17.0. The Morgan fingerprint density at radius 2 is 1.09 bits per heavy atom. The molecule has 0 saturated carbocycles. The lowest BCUT2D eigenvalue weighted by molar-refractivity contribution is -0.818. The number of rotatable bonds is 13. The molecular formula is C19H42N2S+2. The van der Waals surface area contributed by atoms with E-state index in [4.69, 9.17) is 0 Å². The van der Waals surface area contributed by atoms with E-state index in [9.17, 15) is 0 Å². The monoisotopic (exact) mass is 330 g/mol. The van der Waals surface area contributed by atoms with E-state index in [1.54, 1.807) is 0 Å². The molecule has 0 aromatic rings. The summed E-state index contributed by atoms with van der Waals surface area (Å²) >= 11 is 4.63. The Morgan fingerprint density at radius 3 is 1.45 bits per heavy atom. The highest BCUT2D eigenvalue weighted by Gasteiger charge is 2.26. The first-order valence-electron chi connectivity index (χ1n) is 9.48. The van der Waals surface area contributed by atoms with E-state index < -0.39 is 0 Å². The molecule has 0 rings (SSSR count). The van der Waals surface area contributed by atoms with Gasteiger partial charge in [-0.05, 0) is 25.5 Å². The second-order valence-electron chi connectivity index (χ2n) is 7.49. The average molecular weight is 331 g/mol. The van der Waals surface area contributed by atoms with Gasteiger partial charge in [-0.1, -0.05) is 71.1 Å². The molecule has 0 spiro atoms. The molecule has 0 atom stereocenters. The van der Waals surface area contributed by atoms with Gasteiger partial charge < -0.3 is 0 Å². The third-order valence-corrected chi connectivity index (χ3v) is 5.45. The molecule has 0 fully saturated rings. The lowest BCUT2D eigenvalue weighted by atomic mass is 10.1. The number of hydrogen-bond acceptors (Lipinski definition) is 0. The van der Waals surface area contributed by atoms with Crippen LogP contribution in [0.15, 0.2) is 0 Å². The lowest BCUT2D eigenvalue weighted by Crippen LogP contribution is -2.46. The molecule has 0 aliphatic heterocycles. The Balaban J connectivity index is 3.42. The maximum absolute atomic E-state index is 4.63. The molecule has 0 unspecified atom stereocenters. The van der Waals surface area contributed by atoms with Crippen LogP contribution in [-0.4, -0.2) is 49.0 Å². The summed E-state index contributed by atoms with van der Waals surface area (Å²) in [5.41, 5.74) is 0. The van der Waals surface area contributed by atoms with Crippen LogP contribution >= 0.6 is 12.6 Å². The van der Waals surface area contributed by atoms with Gasteiger partial charge in [-0.2, -0.15) is 4.58 Å². The summed E-state index contributed by atoms with van der Waals surface area (Å²) in [5.74, 6) is 0. The van der Waals surface area contributed by atoms with Crippen molar-refractivity contribution in [3.63, 3.8) is 0 Å². The minimum atomic E-state index is 0.897. The number of nitrogens with zero attached hydrogens (tertiary/aromatic N) is 2. The fourth-order valence-corrected chi connectivity index (χ4v) is 3.09. The van der Waals surface area contributed by atoms with Crippen molar-refractivity contribution >= 4 is 17.8 Å².